The van der Waals surface area contributed by atoms with Gasteiger partial charge >= 0.3 is 0 Å². The molecule has 2 atom stereocenters. The highest BCUT2D eigenvalue weighted by Gasteiger charge is 2.34. The molecule has 0 radical (unpaired) electrons. The number of hydrogen-bond acceptors (Lipinski definition) is 3. The van der Waals surface area contributed by atoms with Crippen LogP contribution >= 0.6 is 0 Å². The monoisotopic (exact) mass is 191 g/mol. The molecule has 1 aliphatic carbocycles. The van der Waals surface area contributed by atoms with Crippen molar-refractivity contribution >= 4 is 11.5 Å². The minimum absolute atomic E-state index is 0.769. The van der Waals surface area contributed by atoms with Crippen molar-refractivity contribution in [3.63, 3.8) is 0 Å². The summed E-state index contributed by atoms with van der Waals surface area (Å²) in [7, 11) is 0. The van der Waals surface area contributed by atoms with Crippen molar-refractivity contribution in [2.24, 2.45) is 11.8 Å². The lowest BCUT2D eigenvalue weighted by Crippen LogP contribution is -2.06. The Labute approximate surface area is 84.7 Å². The summed E-state index contributed by atoms with van der Waals surface area (Å²) in [5, 5.41) is 3.32. The molecule has 0 spiro atoms. The molecule has 0 unspecified atom stereocenters. The Bertz CT molecular complexity index is 311. The number of nitrogens with zero attached hydrogens (tertiary/aromatic N) is 1. The molecule has 1 saturated carbocycles. The molecule has 3 nitrogen and oxygen atoms in total. The number of anilines is 2. The maximum absolute atomic E-state index is 5.65. The fraction of sp³-hybridized carbons (Fsp3) is 0.545. The third-order valence-corrected chi connectivity index (χ3v) is 2.92. The molecule has 3 N–H and O–H groups in total. The predicted octanol–water partition coefficient (Wildman–Crippen LogP) is 2.12. The van der Waals surface area contributed by atoms with Crippen LogP contribution in [0.5, 0.6) is 0 Å². The average molecular weight is 191 g/mol. The number of aromatic nitrogens is 1. The normalized spacial score (nSPS) is 24.6. The molecule has 0 amide bonds. The second-order valence-corrected chi connectivity index (χ2v) is 4.02. The van der Waals surface area contributed by atoms with Gasteiger partial charge in [0.1, 0.15) is 5.82 Å². The van der Waals surface area contributed by atoms with E-state index in [1.807, 2.05) is 6.07 Å². The maximum Gasteiger partial charge on any atom is 0.127 e. The van der Waals surface area contributed by atoms with Gasteiger partial charge in [-0.3, -0.25) is 0 Å². The molecule has 0 bridgehead atoms. The van der Waals surface area contributed by atoms with E-state index in [0.717, 1.165) is 29.9 Å². The fourth-order valence-electron chi connectivity index (χ4n) is 1.84. The van der Waals surface area contributed by atoms with E-state index in [2.05, 4.69) is 17.2 Å². The first-order valence-corrected chi connectivity index (χ1v) is 5.25. The van der Waals surface area contributed by atoms with Gasteiger partial charge in [-0.1, -0.05) is 13.3 Å². The van der Waals surface area contributed by atoms with Crippen LogP contribution in [-0.4, -0.2) is 11.5 Å². The lowest BCUT2D eigenvalue weighted by Gasteiger charge is -2.04. The first-order valence-electron chi connectivity index (χ1n) is 5.25. The zero-order valence-electron chi connectivity index (χ0n) is 8.53. The van der Waals surface area contributed by atoms with Crippen molar-refractivity contribution in [3.05, 3.63) is 18.3 Å². The van der Waals surface area contributed by atoms with Gasteiger partial charge in [0.15, 0.2) is 0 Å². The van der Waals surface area contributed by atoms with Gasteiger partial charge in [-0.15, -0.1) is 0 Å². The zero-order valence-corrected chi connectivity index (χ0v) is 8.53. The smallest absolute Gasteiger partial charge is 0.127 e. The van der Waals surface area contributed by atoms with Crippen LogP contribution < -0.4 is 11.1 Å². The molecular weight excluding hydrogens is 174 g/mol. The highest BCUT2D eigenvalue weighted by molar-refractivity contribution is 5.48. The molecule has 2 rings (SSSR count). The summed E-state index contributed by atoms with van der Waals surface area (Å²) < 4.78 is 0. The summed E-state index contributed by atoms with van der Waals surface area (Å²) in [4.78, 5) is 4.20. The number of pyridine rings is 1. The van der Waals surface area contributed by atoms with Crippen LogP contribution in [0.2, 0.25) is 0 Å². The maximum atomic E-state index is 5.65. The quantitative estimate of drug-likeness (QED) is 0.766. The Kier molecular flexibility index (Phi) is 2.57. The Balaban J connectivity index is 1.81. The second kappa shape index (κ2) is 3.86. The fourth-order valence-corrected chi connectivity index (χ4v) is 1.84. The van der Waals surface area contributed by atoms with Gasteiger partial charge in [0.25, 0.3) is 0 Å². The molecule has 0 saturated heterocycles. The SMILES string of the molecule is CC[C@@H]1C[C@H]1CNc1cc(N)ccn1. The highest BCUT2D eigenvalue weighted by Crippen LogP contribution is 2.40. The number of rotatable bonds is 4. The van der Waals surface area contributed by atoms with Gasteiger partial charge in [0.2, 0.25) is 0 Å². The summed E-state index contributed by atoms with van der Waals surface area (Å²) in [6.07, 6.45) is 4.41. The van der Waals surface area contributed by atoms with Crippen LogP contribution in [0.1, 0.15) is 19.8 Å². The van der Waals surface area contributed by atoms with Gasteiger partial charge < -0.3 is 11.1 Å². The molecule has 0 aromatic carbocycles. The number of nitrogens with one attached hydrogen (secondary N) is 1. The second-order valence-electron chi connectivity index (χ2n) is 4.02. The van der Waals surface area contributed by atoms with E-state index in [1.165, 1.54) is 12.8 Å². The molecule has 1 aliphatic rings. The molecule has 1 heterocycles. The zero-order chi connectivity index (χ0) is 9.97. The third kappa shape index (κ3) is 2.16. The van der Waals surface area contributed by atoms with Crippen molar-refractivity contribution in [1.29, 1.82) is 0 Å². The third-order valence-electron chi connectivity index (χ3n) is 2.92. The van der Waals surface area contributed by atoms with E-state index >= 15 is 0 Å². The standard InChI is InChI=1S/C11H17N3/c1-2-8-5-9(8)7-14-11-6-10(12)3-4-13-11/h3-4,6,8-9H,2,5,7H2,1H3,(H3,12,13,14)/t8-,9+/m1/s1. The Morgan fingerprint density at radius 2 is 2.43 bits per heavy atom. The lowest BCUT2D eigenvalue weighted by atomic mass is 10.2. The number of hydrogen-bond donors (Lipinski definition) is 2. The van der Waals surface area contributed by atoms with Crippen molar-refractivity contribution in [2.45, 2.75) is 19.8 Å². The van der Waals surface area contributed by atoms with E-state index in [1.54, 1.807) is 12.3 Å². The van der Waals surface area contributed by atoms with Gasteiger partial charge in [0.05, 0.1) is 0 Å². The van der Waals surface area contributed by atoms with Crippen LogP contribution in [0.25, 0.3) is 0 Å². The average Bonchev–Trinajstić information content (AvgIpc) is 2.93. The number of nitrogen functional groups attached to an aromatic ring is 1. The van der Waals surface area contributed by atoms with Gasteiger partial charge in [-0.25, -0.2) is 4.98 Å². The van der Waals surface area contributed by atoms with E-state index in [9.17, 15) is 0 Å². The Morgan fingerprint density at radius 3 is 3.07 bits per heavy atom. The van der Waals surface area contributed by atoms with E-state index < -0.39 is 0 Å². The van der Waals surface area contributed by atoms with Gasteiger partial charge in [-0.2, -0.15) is 0 Å². The summed E-state index contributed by atoms with van der Waals surface area (Å²) >= 11 is 0. The molecule has 1 fully saturated rings. The summed E-state index contributed by atoms with van der Waals surface area (Å²) in [5.41, 5.74) is 6.42. The lowest BCUT2D eigenvalue weighted by molar-refractivity contribution is 0.700. The van der Waals surface area contributed by atoms with E-state index in [4.69, 9.17) is 5.73 Å². The first kappa shape index (κ1) is 9.31. The molecule has 1 aromatic rings. The summed E-state index contributed by atoms with van der Waals surface area (Å²) in [5.74, 6) is 2.68. The Morgan fingerprint density at radius 1 is 1.57 bits per heavy atom. The van der Waals surface area contributed by atoms with Gasteiger partial charge in [-0.05, 0) is 24.3 Å². The van der Waals surface area contributed by atoms with Crippen LogP contribution in [-0.2, 0) is 0 Å². The van der Waals surface area contributed by atoms with Crippen molar-refractivity contribution < 1.29 is 0 Å². The molecule has 14 heavy (non-hydrogen) atoms. The van der Waals surface area contributed by atoms with Crippen LogP contribution in [0, 0.1) is 11.8 Å². The van der Waals surface area contributed by atoms with E-state index in [-0.39, 0.29) is 0 Å². The molecule has 3 heteroatoms. The highest BCUT2D eigenvalue weighted by atomic mass is 15.0. The van der Waals surface area contributed by atoms with Crippen LogP contribution in [0.3, 0.4) is 0 Å². The molecule has 76 valence electrons. The van der Waals surface area contributed by atoms with E-state index in [0.29, 0.717) is 0 Å². The minimum atomic E-state index is 0.769. The summed E-state index contributed by atoms with van der Waals surface area (Å²) in [6, 6.07) is 3.68. The molecule has 1 aromatic heterocycles. The van der Waals surface area contributed by atoms with Crippen molar-refractivity contribution in [1.82, 2.24) is 4.98 Å². The van der Waals surface area contributed by atoms with Gasteiger partial charge in [0, 0.05) is 24.5 Å². The van der Waals surface area contributed by atoms with Crippen LogP contribution in [0.15, 0.2) is 18.3 Å². The summed E-state index contributed by atoms with van der Waals surface area (Å²) in [6.45, 7) is 3.29. The Hall–Kier alpha value is -1.25. The predicted molar refractivity (Wildman–Crippen MR) is 59.0 cm³/mol. The minimum Gasteiger partial charge on any atom is -0.399 e. The first-order chi connectivity index (χ1) is 6.79. The number of nitrogens with two attached hydrogens (primary N) is 1. The molecule has 0 aliphatic heterocycles. The van der Waals surface area contributed by atoms with Crippen LogP contribution in [0.4, 0.5) is 11.5 Å². The van der Waals surface area contributed by atoms with Crippen molar-refractivity contribution in [3.8, 4) is 0 Å². The molecular formula is C11H17N3. The van der Waals surface area contributed by atoms with Crippen molar-refractivity contribution in [2.75, 3.05) is 17.6 Å². The largest absolute Gasteiger partial charge is 0.399 e. The topological polar surface area (TPSA) is 50.9 Å².